The number of nitrogens with two attached hydrogens (primary N) is 1. The molecular weight excluding hydrogens is 330 g/mol. The lowest BCUT2D eigenvalue weighted by Gasteiger charge is -2.08. The van der Waals surface area contributed by atoms with E-state index in [4.69, 9.17) is 17.3 Å². The molecule has 2 aromatic carbocycles. The topological polar surface area (TPSA) is 67.1 Å². The predicted octanol–water partition coefficient (Wildman–Crippen LogP) is 4.33. The van der Waals surface area contributed by atoms with Crippen molar-refractivity contribution in [1.29, 1.82) is 0 Å². The second-order valence-corrected chi connectivity index (χ2v) is 5.09. The Morgan fingerprint density at radius 2 is 1.63 bits per heavy atom. The van der Waals surface area contributed by atoms with E-state index >= 15 is 0 Å². The normalized spacial score (nSPS) is 10.0. The van der Waals surface area contributed by atoms with E-state index in [0.717, 1.165) is 4.47 Å². The summed E-state index contributed by atoms with van der Waals surface area (Å²) in [6.07, 6.45) is 0. The highest BCUT2D eigenvalue weighted by molar-refractivity contribution is 9.10. The highest BCUT2D eigenvalue weighted by Crippen LogP contribution is 2.25. The summed E-state index contributed by atoms with van der Waals surface area (Å²) in [4.78, 5) is 11.8. The number of rotatable bonds is 2. The smallest absolute Gasteiger partial charge is 0.323 e. The molecular formula is C13H11BrClN3O. The molecule has 0 aromatic heterocycles. The minimum absolute atomic E-state index is 0.344. The van der Waals surface area contributed by atoms with Gasteiger partial charge < -0.3 is 16.4 Å². The van der Waals surface area contributed by atoms with Crippen LogP contribution in [0.1, 0.15) is 0 Å². The molecule has 0 saturated carbocycles. The molecule has 0 saturated heterocycles. The SMILES string of the molecule is Nc1ccc(NC(=O)Nc2ccc(Br)c(Cl)c2)cc1. The molecule has 98 valence electrons. The van der Waals surface area contributed by atoms with Gasteiger partial charge in [-0.1, -0.05) is 11.6 Å². The van der Waals surface area contributed by atoms with Crippen LogP contribution in [0.2, 0.25) is 5.02 Å². The van der Waals surface area contributed by atoms with Crippen molar-refractivity contribution in [3.8, 4) is 0 Å². The van der Waals surface area contributed by atoms with Crippen molar-refractivity contribution in [3.05, 3.63) is 52.0 Å². The number of nitrogens with one attached hydrogen (secondary N) is 2. The maximum absolute atomic E-state index is 11.8. The van der Waals surface area contributed by atoms with Gasteiger partial charge in [0, 0.05) is 21.5 Å². The molecule has 0 unspecified atom stereocenters. The van der Waals surface area contributed by atoms with Crippen LogP contribution < -0.4 is 16.4 Å². The number of carbonyl (C=O) groups excluding carboxylic acids is 1. The molecule has 2 aromatic rings. The second kappa shape index (κ2) is 5.95. The predicted molar refractivity (Wildman–Crippen MR) is 82.6 cm³/mol. The molecule has 0 fully saturated rings. The number of anilines is 3. The van der Waals surface area contributed by atoms with E-state index in [1.54, 1.807) is 42.5 Å². The Hall–Kier alpha value is -1.72. The molecule has 6 heteroatoms. The van der Waals surface area contributed by atoms with Gasteiger partial charge in [0.15, 0.2) is 0 Å². The molecule has 0 aliphatic carbocycles. The molecule has 0 atom stereocenters. The molecule has 0 spiro atoms. The summed E-state index contributed by atoms with van der Waals surface area (Å²) >= 11 is 9.23. The Labute approximate surface area is 124 Å². The van der Waals surface area contributed by atoms with Gasteiger partial charge in [-0.3, -0.25) is 0 Å². The molecule has 0 heterocycles. The summed E-state index contributed by atoms with van der Waals surface area (Å²) < 4.78 is 0.777. The standard InChI is InChI=1S/C13H11BrClN3O/c14-11-6-5-10(7-12(11)15)18-13(19)17-9-3-1-8(16)2-4-9/h1-7H,16H2,(H2,17,18,19). The van der Waals surface area contributed by atoms with E-state index in [2.05, 4.69) is 26.6 Å². The van der Waals surface area contributed by atoms with Gasteiger partial charge in [-0.2, -0.15) is 0 Å². The first-order chi connectivity index (χ1) is 9.04. The van der Waals surface area contributed by atoms with Crippen LogP contribution in [-0.2, 0) is 0 Å². The van der Waals surface area contributed by atoms with Gasteiger partial charge in [0.2, 0.25) is 0 Å². The monoisotopic (exact) mass is 339 g/mol. The molecule has 0 aliphatic rings. The van der Waals surface area contributed by atoms with Crippen LogP contribution in [0.5, 0.6) is 0 Å². The zero-order valence-electron chi connectivity index (χ0n) is 9.78. The molecule has 0 radical (unpaired) electrons. The number of carbonyl (C=O) groups is 1. The van der Waals surface area contributed by atoms with Crippen molar-refractivity contribution in [3.63, 3.8) is 0 Å². The third-order valence-electron chi connectivity index (χ3n) is 2.35. The summed E-state index contributed by atoms with van der Waals surface area (Å²) in [5, 5.41) is 5.91. The summed E-state index contributed by atoms with van der Waals surface area (Å²) in [7, 11) is 0. The molecule has 0 aliphatic heterocycles. The molecule has 4 N–H and O–H groups in total. The van der Waals surface area contributed by atoms with Crippen molar-refractivity contribution in [1.82, 2.24) is 0 Å². The fraction of sp³-hybridized carbons (Fsp3) is 0. The summed E-state index contributed by atoms with van der Waals surface area (Å²) in [6, 6.07) is 11.7. The van der Waals surface area contributed by atoms with Gasteiger partial charge in [-0.15, -0.1) is 0 Å². The number of nitrogen functional groups attached to an aromatic ring is 1. The van der Waals surface area contributed by atoms with Crippen molar-refractivity contribution in [2.45, 2.75) is 0 Å². The van der Waals surface area contributed by atoms with E-state index in [0.29, 0.717) is 22.1 Å². The first-order valence-corrected chi connectivity index (χ1v) is 6.60. The minimum atomic E-state index is -0.344. The number of hydrogen-bond acceptors (Lipinski definition) is 2. The lowest BCUT2D eigenvalue weighted by Crippen LogP contribution is -2.19. The zero-order chi connectivity index (χ0) is 13.8. The molecule has 4 nitrogen and oxygen atoms in total. The van der Waals surface area contributed by atoms with Crippen LogP contribution in [0.25, 0.3) is 0 Å². The van der Waals surface area contributed by atoms with Crippen molar-refractivity contribution < 1.29 is 4.79 Å². The largest absolute Gasteiger partial charge is 0.399 e. The molecule has 0 bridgehead atoms. The Morgan fingerprint density at radius 1 is 1.05 bits per heavy atom. The first kappa shape index (κ1) is 13.7. The first-order valence-electron chi connectivity index (χ1n) is 5.43. The van der Waals surface area contributed by atoms with Gasteiger partial charge in [-0.25, -0.2) is 4.79 Å². The fourth-order valence-corrected chi connectivity index (χ4v) is 1.86. The van der Waals surface area contributed by atoms with Crippen LogP contribution in [0, 0.1) is 0 Å². The third kappa shape index (κ3) is 3.87. The Kier molecular flexibility index (Phi) is 4.29. The minimum Gasteiger partial charge on any atom is -0.399 e. The van der Waals surface area contributed by atoms with Crippen LogP contribution in [0.4, 0.5) is 21.9 Å². The van der Waals surface area contributed by atoms with Crippen LogP contribution in [0.3, 0.4) is 0 Å². The molecule has 19 heavy (non-hydrogen) atoms. The second-order valence-electron chi connectivity index (χ2n) is 3.83. The van der Waals surface area contributed by atoms with E-state index < -0.39 is 0 Å². The average molecular weight is 341 g/mol. The molecule has 2 rings (SSSR count). The van der Waals surface area contributed by atoms with Crippen LogP contribution >= 0.6 is 27.5 Å². The average Bonchev–Trinajstić information content (AvgIpc) is 2.37. The van der Waals surface area contributed by atoms with Gasteiger partial charge in [0.25, 0.3) is 0 Å². The third-order valence-corrected chi connectivity index (χ3v) is 3.58. The lowest BCUT2D eigenvalue weighted by molar-refractivity contribution is 0.262. The number of urea groups is 1. The summed E-state index contributed by atoms with van der Waals surface area (Å²) in [6.45, 7) is 0. The highest BCUT2D eigenvalue weighted by atomic mass is 79.9. The number of halogens is 2. The van der Waals surface area contributed by atoms with Crippen molar-refractivity contribution in [2.75, 3.05) is 16.4 Å². The van der Waals surface area contributed by atoms with E-state index in [1.165, 1.54) is 0 Å². The van der Waals surface area contributed by atoms with Gasteiger partial charge >= 0.3 is 6.03 Å². The zero-order valence-corrected chi connectivity index (χ0v) is 12.1. The van der Waals surface area contributed by atoms with Gasteiger partial charge in [0.1, 0.15) is 0 Å². The Bertz CT molecular complexity index is 601. The quantitative estimate of drug-likeness (QED) is 0.712. The summed E-state index contributed by atoms with van der Waals surface area (Å²) in [5.41, 5.74) is 7.48. The maximum atomic E-state index is 11.8. The summed E-state index contributed by atoms with van der Waals surface area (Å²) in [5.74, 6) is 0. The number of amides is 2. The molecule has 2 amide bonds. The number of hydrogen-bond donors (Lipinski definition) is 3. The maximum Gasteiger partial charge on any atom is 0.323 e. The van der Waals surface area contributed by atoms with Gasteiger partial charge in [-0.05, 0) is 58.4 Å². The van der Waals surface area contributed by atoms with E-state index in [-0.39, 0.29) is 6.03 Å². The van der Waals surface area contributed by atoms with Crippen LogP contribution in [-0.4, -0.2) is 6.03 Å². The Morgan fingerprint density at radius 3 is 2.26 bits per heavy atom. The lowest BCUT2D eigenvalue weighted by atomic mass is 10.3. The van der Waals surface area contributed by atoms with Crippen molar-refractivity contribution >= 4 is 50.6 Å². The Balaban J connectivity index is 2.01. The van der Waals surface area contributed by atoms with Crippen molar-refractivity contribution in [2.24, 2.45) is 0 Å². The number of benzene rings is 2. The fourth-order valence-electron chi connectivity index (χ4n) is 1.43. The highest BCUT2D eigenvalue weighted by Gasteiger charge is 2.04. The van der Waals surface area contributed by atoms with E-state index in [1.807, 2.05) is 0 Å². The van der Waals surface area contributed by atoms with E-state index in [9.17, 15) is 4.79 Å². The van der Waals surface area contributed by atoms with Crippen LogP contribution in [0.15, 0.2) is 46.9 Å². The van der Waals surface area contributed by atoms with Gasteiger partial charge in [0.05, 0.1) is 5.02 Å².